The van der Waals surface area contributed by atoms with Crippen LogP contribution in [0.4, 0.5) is 0 Å². The molecule has 0 aliphatic heterocycles. The van der Waals surface area contributed by atoms with Gasteiger partial charge in [0, 0.05) is 20.7 Å². The molecule has 0 fully saturated rings. The van der Waals surface area contributed by atoms with Gasteiger partial charge in [-0.1, -0.05) is 44.0 Å². The Morgan fingerprint density at radius 1 is 0.857 bits per heavy atom. The van der Waals surface area contributed by atoms with Crippen LogP contribution in [0.2, 0.25) is 0 Å². The van der Waals surface area contributed by atoms with Gasteiger partial charge in [0.25, 0.3) is 0 Å². The molecule has 1 aromatic heterocycles. The van der Waals surface area contributed by atoms with E-state index in [2.05, 4.69) is 36.8 Å². The molecule has 0 spiro atoms. The van der Waals surface area contributed by atoms with E-state index < -0.39 is 0 Å². The molecular formula is C11H7Br2N. The maximum absolute atomic E-state index is 4.29. The Bertz CT molecular complexity index is 437. The highest BCUT2D eigenvalue weighted by Crippen LogP contribution is 2.22. The molecule has 0 atom stereocenters. The lowest BCUT2D eigenvalue weighted by Crippen LogP contribution is -1.81. The molecule has 0 aliphatic carbocycles. The molecule has 0 unspecified atom stereocenters. The van der Waals surface area contributed by atoms with Gasteiger partial charge < -0.3 is 0 Å². The predicted molar refractivity (Wildman–Crippen MR) is 65.1 cm³/mol. The van der Waals surface area contributed by atoms with E-state index >= 15 is 0 Å². The maximum Gasteiger partial charge on any atom is 0.0713 e. The first-order chi connectivity index (χ1) is 6.75. The molecule has 0 saturated heterocycles. The molecule has 1 nitrogen and oxygen atoms in total. The number of benzene rings is 1. The molecule has 1 aromatic carbocycles. The van der Waals surface area contributed by atoms with Crippen LogP contribution in [0.15, 0.2) is 51.5 Å². The number of pyridine rings is 1. The summed E-state index contributed by atoms with van der Waals surface area (Å²) in [5, 5.41) is 0. The van der Waals surface area contributed by atoms with Crippen molar-refractivity contribution in [3.05, 3.63) is 51.5 Å². The largest absolute Gasteiger partial charge is 0.256 e. The van der Waals surface area contributed by atoms with Gasteiger partial charge in [0.1, 0.15) is 0 Å². The molecule has 0 saturated carbocycles. The first-order valence-electron chi connectivity index (χ1n) is 4.13. The SMILES string of the molecule is Brc1ccc(-c2cc(Br)ccn2)cc1. The van der Waals surface area contributed by atoms with Crippen molar-refractivity contribution in [1.82, 2.24) is 4.98 Å². The van der Waals surface area contributed by atoms with Gasteiger partial charge in [0.2, 0.25) is 0 Å². The lowest BCUT2D eigenvalue weighted by atomic mass is 10.1. The summed E-state index contributed by atoms with van der Waals surface area (Å²) in [5.41, 5.74) is 2.10. The number of rotatable bonds is 1. The first kappa shape index (κ1) is 9.87. The minimum Gasteiger partial charge on any atom is -0.256 e. The number of halogens is 2. The van der Waals surface area contributed by atoms with E-state index in [0.29, 0.717) is 0 Å². The van der Waals surface area contributed by atoms with Crippen LogP contribution >= 0.6 is 31.9 Å². The van der Waals surface area contributed by atoms with E-state index in [1.54, 1.807) is 6.20 Å². The molecule has 14 heavy (non-hydrogen) atoms. The Balaban J connectivity index is 2.44. The third-order valence-corrected chi connectivity index (χ3v) is 2.88. The van der Waals surface area contributed by atoms with E-state index in [1.807, 2.05) is 36.4 Å². The summed E-state index contributed by atoms with van der Waals surface area (Å²) in [5.74, 6) is 0. The van der Waals surface area contributed by atoms with Crippen molar-refractivity contribution < 1.29 is 0 Å². The van der Waals surface area contributed by atoms with Gasteiger partial charge in [-0.2, -0.15) is 0 Å². The molecule has 2 aromatic rings. The van der Waals surface area contributed by atoms with Gasteiger partial charge in [0.15, 0.2) is 0 Å². The zero-order valence-electron chi connectivity index (χ0n) is 7.24. The van der Waals surface area contributed by atoms with Crippen LogP contribution in [0.1, 0.15) is 0 Å². The third-order valence-electron chi connectivity index (χ3n) is 1.86. The number of nitrogens with zero attached hydrogens (tertiary/aromatic N) is 1. The van der Waals surface area contributed by atoms with E-state index in [0.717, 1.165) is 20.2 Å². The van der Waals surface area contributed by atoms with Crippen molar-refractivity contribution in [1.29, 1.82) is 0 Å². The van der Waals surface area contributed by atoms with Crippen LogP contribution < -0.4 is 0 Å². The lowest BCUT2D eigenvalue weighted by molar-refractivity contribution is 1.31. The molecule has 2 rings (SSSR count). The maximum atomic E-state index is 4.29. The van der Waals surface area contributed by atoms with Gasteiger partial charge in [-0.15, -0.1) is 0 Å². The summed E-state index contributed by atoms with van der Waals surface area (Å²) in [7, 11) is 0. The molecule has 0 bridgehead atoms. The molecular weight excluding hydrogens is 306 g/mol. The zero-order chi connectivity index (χ0) is 9.97. The summed E-state index contributed by atoms with van der Waals surface area (Å²) in [4.78, 5) is 4.29. The van der Waals surface area contributed by atoms with Gasteiger partial charge in [0.05, 0.1) is 5.69 Å². The Labute approximate surface area is 99.4 Å². The highest BCUT2D eigenvalue weighted by Gasteiger charge is 1.98. The smallest absolute Gasteiger partial charge is 0.0713 e. The molecule has 3 heteroatoms. The molecule has 70 valence electrons. The van der Waals surface area contributed by atoms with Crippen molar-refractivity contribution in [2.24, 2.45) is 0 Å². The first-order valence-corrected chi connectivity index (χ1v) is 5.72. The van der Waals surface area contributed by atoms with Crippen LogP contribution in [0.5, 0.6) is 0 Å². The van der Waals surface area contributed by atoms with Gasteiger partial charge in [-0.3, -0.25) is 4.98 Å². The minimum atomic E-state index is 0.979. The van der Waals surface area contributed by atoms with E-state index in [4.69, 9.17) is 0 Å². The monoisotopic (exact) mass is 311 g/mol. The van der Waals surface area contributed by atoms with Gasteiger partial charge in [-0.05, 0) is 24.3 Å². The molecule has 0 radical (unpaired) electrons. The quantitative estimate of drug-likeness (QED) is 0.766. The van der Waals surface area contributed by atoms with Gasteiger partial charge >= 0.3 is 0 Å². The second-order valence-electron chi connectivity index (χ2n) is 2.87. The van der Waals surface area contributed by atoms with Crippen molar-refractivity contribution in [2.45, 2.75) is 0 Å². The van der Waals surface area contributed by atoms with Crippen molar-refractivity contribution in [2.75, 3.05) is 0 Å². The molecule has 1 heterocycles. The second-order valence-corrected chi connectivity index (χ2v) is 4.70. The predicted octanol–water partition coefficient (Wildman–Crippen LogP) is 4.27. The summed E-state index contributed by atoms with van der Waals surface area (Å²) in [6, 6.07) is 12.0. The van der Waals surface area contributed by atoms with E-state index in [9.17, 15) is 0 Å². The number of hydrogen-bond acceptors (Lipinski definition) is 1. The fourth-order valence-corrected chi connectivity index (χ4v) is 1.78. The third kappa shape index (κ3) is 2.22. The van der Waals surface area contributed by atoms with Crippen molar-refractivity contribution in [3.63, 3.8) is 0 Å². The summed E-state index contributed by atoms with van der Waals surface area (Å²) >= 11 is 6.83. The van der Waals surface area contributed by atoms with Crippen LogP contribution in [-0.2, 0) is 0 Å². The van der Waals surface area contributed by atoms with E-state index in [-0.39, 0.29) is 0 Å². The Morgan fingerprint density at radius 2 is 1.57 bits per heavy atom. The fourth-order valence-electron chi connectivity index (χ4n) is 1.18. The minimum absolute atomic E-state index is 0.979. The number of aromatic nitrogens is 1. The van der Waals surface area contributed by atoms with Crippen LogP contribution in [0.25, 0.3) is 11.3 Å². The molecule has 0 amide bonds. The molecule has 0 N–H and O–H groups in total. The Hall–Kier alpha value is -0.670. The average molecular weight is 313 g/mol. The topological polar surface area (TPSA) is 12.9 Å². The van der Waals surface area contributed by atoms with Crippen molar-refractivity contribution in [3.8, 4) is 11.3 Å². The zero-order valence-corrected chi connectivity index (χ0v) is 10.4. The highest BCUT2D eigenvalue weighted by atomic mass is 79.9. The fraction of sp³-hybridized carbons (Fsp3) is 0. The normalized spacial score (nSPS) is 10.1. The Morgan fingerprint density at radius 3 is 2.21 bits per heavy atom. The van der Waals surface area contributed by atoms with Crippen LogP contribution in [-0.4, -0.2) is 4.98 Å². The average Bonchev–Trinajstić information content (AvgIpc) is 2.19. The van der Waals surface area contributed by atoms with Gasteiger partial charge in [-0.25, -0.2) is 0 Å². The van der Waals surface area contributed by atoms with Crippen LogP contribution in [0, 0.1) is 0 Å². The number of hydrogen-bond donors (Lipinski definition) is 0. The second kappa shape index (κ2) is 4.24. The highest BCUT2D eigenvalue weighted by molar-refractivity contribution is 9.10. The van der Waals surface area contributed by atoms with Crippen molar-refractivity contribution >= 4 is 31.9 Å². The summed E-state index contributed by atoms with van der Waals surface area (Å²) < 4.78 is 2.13. The summed E-state index contributed by atoms with van der Waals surface area (Å²) in [6.07, 6.45) is 1.79. The Kier molecular flexibility index (Phi) is 2.99. The standard InChI is InChI=1S/C11H7Br2N/c12-9-3-1-8(2-4-9)11-7-10(13)5-6-14-11/h1-7H. The summed E-state index contributed by atoms with van der Waals surface area (Å²) in [6.45, 7) is 0. The molecule has 0 aliphatic rings. The van der Waals surface area contributed by atoms with E-state index in [1.165, 1.54) is 0 Å². The van der Waals surface area contributed by atoms with Crippen LogP contribution in [0.3, 0.4) is 0 Å². The lowest BCUT2D eigenvalue weighted by Gasteiger charge is -2.00.